The van der Waals surface area contributed by atoms with E-state index in [4.69, 9.17) is 17.2 Å². The van der Waals surface area contributed by atoms with Crippen molar-refractivity contribution in [2.45, 2.75) is 10.4 Å². The highest BCUT2D eigenvalue weighted by atomic mass is 79.9. The average Bonchev–Trinajstić information content (AvgIpc) is 2.34. The summed E-state index contributed by atoms with van der Waals surface area (Å²) in [6.07, 6.45) is 0. The molecule has 0 aliphatic rings. The van der Waals surface area contributed by atoms with Crippen LogP contribution in [0.4, 0.5) is 11.6 Å². The predicted octanol–water partition coefficient (Wildman–Crippen LogP) is 2.20. The molecule has 1 heterocycles. The van der Waals surface area contributed by atoms with Gasteiger partial charge in [0.05, 0.1) is 0 Å². The summed E-state index contributed by atoms with van der Waals surface area (Å²) in [7, 11) is 0. The molecule has 0 fully saturated rings. The standard InChI is InChI=1S/C12H14BrN5S/c13-8-3-1-2-7(4-8)9(6-14)19-12-17-10(15)5-11(16)18-12/h1-5,9H,6,14H2,(H4,15,16,17,18). The lowest BCUT2D eigenvalue weighted by atomic mass is 10.1. The van der Waals surface area contributed by atoms with Gasteiger partial charge in [0.25, 0.3) is 0 Å². The number of thioether (sulfide) groups is 1. The van der Waals surface area contributed by atoms with Crippen LogP contribution in [0, 0.1) is 0 Å². The summed E-state index contributed by atoms with van der Waals surface area (Å²) in [6, 6.07) is 9.51. The number of hydrogen-bond donors (Lipinski definition) is 3. The van der Waals surface area contributed by atoms with E-state index in [1.54, 1.807) is 0 Å². The van der Waals surface area contributed by atoms with E-state index >= 15 is 0 Å². The summed E-state index contributed by atoms with van der Waals surface area (Å²) >= 11 is 4.90. The maximum atomic E-state index is 5.82. The number of anilines is 2. The van der Waals surface area contributed by atoms with Crippen molar-refractivity contribution in [3.8, 4) is 0 Å². The minimum absolute atomic E-state index is 0.0544. The minimum atomic E-state index is 0.0544. The van der Waals surface area contributed by atoms with Gasteiger partial charge in [0.15, 0.2) is 5.16 Å². The number of halogens is 1. The summed E-state index contributed by atoms with van der Waals surface area (Å²) < 4.78 is 1.01. The fourth-order valence-electron chi connectivity index (χ4n) is 1.60. The number of nitrogens with two attached hydrogens (primary N) is 3. The van der Waals surface area contributed by atoms with E-state index in [1.165, 1.54) is 17.8 Å². The minimum Gasteiger partial charge on any atom is -0.383 e. The van der Waals surface area contributed by atoms with E-state index < -0.39 is 0 Å². The molecule has 6 N–H and O–H groups in total. The number of aromatic nitrogens is 2. The zero-order chi connectivity index (χ0) is 13.8. The summed E-state index contributed by atoms with van der Waals surface area (Å²) in [5, 5.41) is 0.589. The topological polar surface area (TPSA) is 104 Å². The van der Waals surface area contributed by atoms with Crippen LogP contribution in [0.25, 0.3) is 0 Å². The largest absolute Gasteiger partial charge is 0.383 e. The van der Waals surface area contributed by atoms with Crippen molar-refractivity contribution < 1.29 is 0 Å². The lowest BCUT2D eigenvalue weighted by Crippen LogP contribution is -2.10. The maximum Gasteiger partial charge on any atom is 0.192 e. The molecule has 0 bridgehead atoms. The fourth-order valence-corrected chi connectivity index (χ4v) is 2.97. The Balaban J connectivity index is 2.23. The average molecular weight is 340 g/mol. The van der Waals surface area contributed by atoms with Crippen LogP contribution in [0.1, 0.15) is 10.8 Å². The van der Waals surface area contributed by atoms with Gasteiger partial charge in [-0.15, -0.1) is 0 Å². The molecule has 5 nitrogen and oxygen atoms in total. The number of rotatable bonds is 4. The number of hydrogen-bond acceptors (Lipinski definition) is 6. The zero-order valence-corrected chi connectivity index (χ0v) is 12.5. The monoisotopic (exact) mass is 339 g/mol. The molecule has 1 atom stereocenters. The van der Waals surface area contributed by atoms with Crippen molar-refractivity contribution in [1.29, 1.82) is 0 Å². The molecule has 0 aliphatic carbocycles. The summed E-state index contributed by atoms with van der Waals surface area (Å²) in [6.45, 7) is 0.471. The summed E-state index contributed by atoms with van der Waals surface area (Å²) in [4.78, 5) is 8.30. The van der Waals surface area contributed by atoms with Gasteiger partial charge >= 0.3 is 0 Å². The highest BCUT2D eigenvalue weighted by Gasteiger charge is 2.14. The number of benzene rings is 1. The molecule has 2 rings (SSSR count). The third kappa shape index (κ3) is 3.82. The first-order valence-electron chi connectivity index (χ1n) is 5.60. The molecule has 0 amide bonds. The predicted molar refractivity (Wildman–Crippen MR) is 82.7 cm³/mol. The lowest BCUT2D eigenvalue weighted by Gasteiger charge is -2.14. The van der Waals surface area contributed by atoms with E-state index in [9.17, 15) is 0 Å². The van der Waals surface area contributed by atoms with Gasteiger partial charge in [-0.2, -0.15) is 0 Å². The van der Waals surface area contributed by atoms with Crippen LogP contribution in [-0.4, -0.2) is 16.5 Å². The van der Waals surface area contributed by atoms with Crippen LogP contribution in [0.3, 0.4) is 0 Å². The molecule has 2 aromatic rings. The molecular formula is C12H14BrN5S. The molecule has 7 heteroatoms. The molecule has 1 aromatic carbocycles. The molecule has 0 saturated heterocycles. The Hall–Kier alpha value is -1.31. The fraction of sp³-hybridized carbons (Fsp3) is 0.167. The van der Waals surface area contributed by atoms with Gasteiger partial charge in [-0.25, -0.2) is 9.97 Å². The quantitative estimate of drug-likeness (QED) is 0.582. The molecule has 0 radical (unpaired) electrons. The summed E-state index contributed by atoms with van der Waals surface area (Å²) in [5.41, 5.74) is 18.2. The van der Waals surface area contributed by atoms with Crippen molar-refractivity contribution >= 4 is 39.3 Å². The molecular weight excluding hydrogens is 326 g/mol. The van der Waals surface area contributed by atoms with Crippen molar-refractivity contribution in [2.75, 3.05) is 18.0 Å². The van der Waals surface area contributed by atoms with Crippen LogP contribution in [0.15, 0.2) is 40.0 Å². The van der Waals surface area contributed by atoms with Crippen molar-refractivity contribution in [1.82, 2.24) is 9.97 Å². The Bertz CT molecular complexity index is 558. The van der Waals surface area contributed by atoms with Crippen LogP contribution in [0.2, 0.25) is 0 Å². The van der Waals surface area contributed by atoms with Gasteiger partial charge in [-0.05, 0) is 17.7 Å². The Morgan fingerprint density at radius 3 is 2.42 bits per heavy atom. The lowest BCUT2D eigenvalue weighted by molar-refractivity contribution is 0.914. The first-order valence-corrected chi connectivity index (χ1v) is 7.28. The zero-order valence-electron chi connectivity index (χ0n) is 10.1. The molecule has 19 heavy (non-hydrogen) atoms. The van der Waals surface area contributed by atoms with Gasteiger partial charge in [0.1, 0.15) is 11.6 Å². The van der Waals surface area contributed by atoms with E-state index in [2.05, 4.69) is 25.9 Å². The molecule has 100 valence electrons. The Kier molecular flexibility index (Phi) is 4.62. The highest BCUT2D eigenvalue weighted by molar-refractivity contribution is 9.10. The van der Waals surface area contributed by atoms with Crippen LogP contribution < -0.4 is 17.2 Å². The maximum absolute atomic E-state index is 5.82. The van der Waals surface area contributed by atoms with E-state index in [0.717, 1.165) is 10.0 Å². The smallest absolute Gasteiger partial charge is 0.192 e. The Morgan fingerprint density at radius 2 is 1.84 bits per heavy atom. The van der Waals surface area contributed by atoms with Crippen LogP contribution >= 0.6 is 27.7 Å². The van der Waals surface area contributed by atoms with Crippen LogP contribution in [-0.2, 0) is 0 Å². The molecule has 1 unspecified atom stereocenters. The van der Waals surface area contributed by atoms with Gasteiger partial charge < -0.3 is 17.2 Å². The van der Waals surface area contributed by atoms with Crippen molar-refractivity contribution in [3.05, 3.63) is 40.4 Å². The van der Waals surface area contributed by atoms with Gasteiger partial charge in [-0.3, -0.25) is 0 Å². The van der Waals surface area contributed by atoms with Crippen molar-refractivity contribution in [3.63, 3.8) is 0 Å². The van der Waals surface area contributed by atoms with E-state index in [0.29, 0.717) is 23.3 Å². The normalized spacial score (nSPS) is 12.3. The van der Waals surface area contributed by atoms with Gasteiger partial charge in [0.2, 0.25) is 0 Å². The third-order valence-electron chi connectivity index (χ3n) is 2.43. The second-order valence-corrected chi connectivity index (χ2v) is 5.98. The van der Waals surface area contributed by atoms with Crippen molar-refractivity contribution in [2.24, 2.45) is 5.73 Å². The van der Waals surface area contributed by atoms with Gasteiger partial charge in [0, 0.05) is 22.3 Å². The molecule has 0 saturated carbocycles. The molecule has 0 aliphatic heterocycles. The summed E-state index contributed by atoms with van der Waals surface area (Å²) in [5.74, 6) is 0.722. The Morgan fingerprint density at radius 1 is 1.16 bits per heavy atom. The third-order valence-corrected chi connectivity index (χ3v) is 4.06. The SMILES string of the molecule is NCC(Sc1nc(N)cc(N)n1)c1cccc(Br)c1. The Labute approximate surface area is 124 Å². The van der Waals surface area contributed by atoms with E-state index in [-0.39, 0.29) is 5.25 Å². The van der Waals surface area contributed by atoms with Crippen LogP contribution in [0.5, 0.6) is 0 Å². The number of nitrogen functional groups attached to an aromatic ring is 2. The first kappa shape index (κ1) is 14.1. The van der Waals surface area contributed by atoms with Gasteiger partial charge in [-0.1, -0.05) is 39.8 Å². The first-order chi connectivity index (χ1) is 9.08. The van der Waals surface area contributed by atoms with E-state index in [1.807, 2.05) is 24.3 Å². The second kappa shape index (κ2) is 6.23. The molecule has 0 spiro atoms. The highest BCUT2D eigenvalue weighted by Crippen LogP contribution is 2.34. The second-order valence-electron chi connectivity index (χ2n) is 3.90. The molecule has 1 aromatic heterocycles. The number of nitrogens with zero attached hydrogens (tertiary/aromatic N) is 2.